The summed E-state index contributed by atoms with van der Waals surface area (Å²) in [6.07, 6.45) is 3.34. The van der Waals surface area contributed by atoms with Crippen molar-refractivity contribution in [3.63, 3.8) is 0 Å². The smallest absolute Gasteiger partial charge is 0.409 e. The summed E-state index contributed by atoms with van der Waals surface area (Å²) < 4.78 is 7.42. The third-order valence-corrected chi connectivity index (χ3v) is 6.30. The van der Waals surface area contributed by atoms with Crippen LogP contribution in [0.25, 0.3) is 22.3 Å². The molecule has 2 aromatic heterocycles. The molecule has 0 unspecified atom stereocenters. The van der Waals surface area contributed by atoms with Gasteiger partial charge in [0.1, 0.15) is 12.9 Å². The van der Waals surface area contributed by atoms with Gasteiger partial charge < -0.3 is 19.5 Å². The molecule has 9 nitrogen and oxygen atoms in total. The van der Waals surface area contributed by atoms with Gasteiger partial charge in [-0.1, -0.05) is 48.5 Å². The number of carbonyl (C=O) groups is 2. The van der Waals surface area contributed by atoms with E-state index in [1.165, 1.54) is 33.5 Å². The van der Waals surface area contributed by atoms with Gasteiger partial charge in [0, 0.05) is 33.0 Å². The average molecular weight is 471 g/mol. The Morgan fingerprint density at radius 1 is 1.03 bits per heavy atom. The van der Waals surface area contributed by atoms with Crippen LogP contribution in [0.15, 0.2) is 61.2 Å². The quantitative estimate of drug-likeness (QED) is 0.439. The molecule has 0 aliphatic heterocycles. The maximum absolute atomic E-state index is 12.6. The summed E-state index contributed by atoms with van der Waals surface area (Å²) in [5.41, 5.74) is 5.91. The van der Waals surface area contributed by atoms with E-state index in [9.17, 15) is 9.59 Å². The highest BCUT2D eigenvalue weighted by Crippen LogP contribution is 2.44. The van der Waals surface area contributed by atoms with Crippen LogP contribution in [0.2, 0.25) is 0 Å². The number of aromatic nitrogens is 4. The highest BCUT2D eigenvalue weighted by Gasteiger charge is 2.29. The molecule has 1 N–H and O–H groups in total. The minimum Gasteiger partial charge on any atom is -0.448 e. The molecule has 2 heterocycles. The van der Waals surface area contributed by atoms with Crippen LogP contribution >= 0.6 is 0 Å². The Bertz CT molecular complexity index is 1350. The Morgan fingerprint density at radius 2 is 1.71 bits per heavy atom. The summed E-state index contributed by atoms with van der Waals surface area (Å²) in [6.45, 7) is 0.665. The number of amides is 2. The van der Waals surface area contributed by atoms with Crippen molar-refractivity contribution in [1.82, 2.24) is 24.4 Å². The van der Waals surface area contributed by atoms with Crippen LogP contribution in [-0.4, -0.2) is 56.6 Å². The highest BCUT2D eigenvalue weighted by atomic mass is 16.6. The van der Waals surface area contributed by atoms with Gasteiger partial charge in [-0.15, -0.1) is 0 Å². The molecule has 5 rings (SSSR count). The number of nitrogens with zero attached hydrogens (tertiary/aromatic N) is 5. The fourth-order valence-electron chi connectivity index (χ4n) is 4.50. The summed E-state index contributed by atoms with van der Waals surface area (Å²) in [4.78, 5) is 39.0. The second kappa shape index (κ2) is 9.54. The van der Waals surface area contributed by atoms with Crippen LogP contribution in [0.5, 0.6) is 0 Å². The first-order valence-corrected chi connectivity index (χ1v) is 11.5. The van der Waals surface area contributed by atoms with E-state index in [-0.39, 0.29) is 24.9 Å². The summed E-state index contributed by atoms with van der Waals surface area (Å²) >= 11 is 0. The van der Waals surface area contributed by atoms with Crippen molar-refractivity contribution in [2.45, 2.75) is 18.8 Å². The van der Waals surface area contributed by atoms with E-state index in [0.29, 0.717) is 29.9 Å². The van der Waals surface area contributed by atoms with Gasteiger partial charge in [0.05, 0.1) is 6.33 Å². The van der Waals surface area contributed by atoms with Crippen LogP contribution in [0.4, 0.5) is 10.6 Å². The number of aryl methyl sites for hydroxylation is 1. The van der Waals surface area contributed by atoms with E-state index in [1.54, 1.807) is 17.9 Å². The minimum absolute atomic E-state index is 0.0156. The zero-order chi connectivity index (χ0) is 24.4. The van der Waals surface area contributed by atoms with E-state index >= 15 is 0 Å². The fourth-order valence-corrected chi connectivity index (χ4v) is 4.50. The first kappa shape index (κ1) is 22.5. The number of carbonyl (C=O) groups excluding carboxylic acids is 2. The van der Waals surface area contributed by atoms with Gasteiger partial charge in [-0.3, -0.25) is 4.79 Å². The second-order valence-electron chi connectivity index (χ2n) is 8.63. The van der Waals surface area contributed by atoms with Crippen molar-refractivity contribution >= 4 is 29.0 Å². The maximum Gasteiger partial charge on any atom is 0.409 e. The third kappa shape index (κ3) is 4.44. The first-order chi connectivity index (χ1) is 17.0. The van der Waals surface area contributed by atoms with Crippen molar-refractivity contribution in [3.05, 3.63) is 72.3 Å². The number of imidazole rings is 1. The molecule has 0 saturated carbocycles. The normalized spacial score (nSPS) is 12.3. The molecule has 2 amide bonds. The van der Waals surface area contributed by atoms with Crippen molar-refractivity contribution in [2.24, 2.45) is 7.05 Å². The Labute approximate surface area is 202 Å². The standard InChI is InChI=1S/C26H26N6O3/c1-31(13-7-12-22(33)30-24-23-25(28-15-27-24)32(2)16-29-23)26(34)35-14-21-19-10-5-3-8-17(19)18-9-4-6-11-20(18)21/h3-6,8-11,15-16,21H,7,12-14H2,1-2H3,(H,27,28,30,33). The van der Waals surface area contributed by atoms with E-state index in [2.05, 4.69) is 44.5 Å². The molecular weight excluding hydrogens is 444 g/mol. The van der Waals surface area contributed by atoms with E-state index < -0.39 is 6.09 Å². The van der Waals surface area contributed by atoms with Gasteiger partial charge >= 0.3 is 6.09 Å². The Kier molecular flexibility index (Phi) is 6.13. The van der Waals surface area contributed by atoms with Gasteiger partial charge in [-0.25, -0.2) is 19.7 Å². The molecule has 2 aromatic carbocycles. The molecule has 0 saturated heterocycles. The lowest BCUT2D eigenvalue weighted by atomic mass is 9.98. The van der Waals surface area contributed by atoms with E-state index in [1.807, 2.05) is 31.3 Å². The maximum atomic E-state index is 12.6. The van der Waals surface area contributed by atoms with Crippen LogP contribution in [0.1, 0.15) is 29.9 Å². The second-order valence-corrected chi connectivity index (χ2v) is 8.63. The monoisotopic (exact) mass is 470 g/mol. The summed E-state index contributed by atoms with van der Waals surface area (Å²) in [6, 6.07) is 16.5. The lowest BCUT2D eigenvalue weighted by Gasteiger charge is -2.19. The number of hydrogen-bond acceptors (Lipinski definition) is 6. The number of rotatable bonds is 7. The summed E-state index contributed by atoms with van der Waals surface area (Å²) in [7, 11) is 3.51. The first-order valence-electron chi connectivity index (χ1n) is 11.5. The van der Waals surface area contributed by atoms with Crippen LogP contribution in [-0.2, 0) is 16.6 Å². The third-order valence-electron chi connectivity index (χ3n) is 6.30. The predicted molar refractivity (Wildman–Crippen MR) is 132 cm³/mol. The van der Waals surface area contributed by atoms with Crippen LogP contribution in [0, 0.1) is 0 Å². The molecule has 9 heteroatoms. The Hall–Kier alpha value is -4.27. The Balaban J connectivity index is 1.12. The summed E-state index contributed by atoms with van der Waals surface area (Å²) in [5, 5.41) is 2.78. The predicted octanol–water partition coefficient (Wildman–Crippen LogP) is 3.96. The number of fused-ring (bicyclic) bond motifs is 4. The van der Waals surface area contributed by atoms with Gasteiger partial charge in [0.25, 0.3) is 0 Å². The summed E-state index contributed by atoms with van der Waals surface area (Å²) in [5.74, 6) is 0.198. The molecule has 0 spiro atoms. The van der Waals surface area contributed by atoms with Crippen molar-refractivity contribution < 1.29 is 14.3 Å². The molecule has 0 atom stereocenters. The van der Waals surface area contributed by atoms with Crippen LogP contribution < -0.4 is 5.32 Å². The number of benzene rings is 2. The lowest BCUT2D eigenvalue weighted by molar-refractivity contribution is -0.116. The average Bonchev–Trinajstić information content (AvgIpc) is 3.41. The number of hydrogen-bond donors (Lipinski definition) is 1. The molecule has 0 fully saturated rings. The largest absolute Gasteiger partial charge is 0.448 e. The Morgan fingerprint density at radius 3 is 2.43 bits per heavy atom. The van der Waals surface area contributed by atoms with Gasteiger partial charge in [-0.05, 0) is 28.7 Å². The number of nitrogens with one attached hydrogen (secondary N) is 1. The molecule has 4 aromatic rings. The fraction of sp³-hybridized carbons (Fsp3) is 0.269. The molecule has 1 aliphatic carbocycles. The number of ether oxygens (including phenoxy) is 1. The zero-order valence-electron chi connectivity index (χ0n) is 19.6. The minimum atomic E-state index is -0.404. The lowest BCUT2D eigenvalue weighted by Crippen LogP contribution is -2.30. The number of anilines is 1. The van der Waals surface area contributed by atoms with E-state index in [0.717, 1.165) is 0 Å². The van der Waals surface area contributed by atoms with Crippen molar-refractivity contribution in [3.8, 4) is 11.1 Å². The van der Waals surface area contributed by atoms with Gasteiger partial charge in [-0.2, -0.15) is 0 Å². The van der Waals surface area contributed by atoms with Gasteiger partial charge in [0.15, 0.2) is 17.0 Å². The molecule has 178 valence electrons. The SMILES string of the molecule is CN(CCCC(=O)Nc1ncnc2c1ncn2C)C(=O)OCC1c2ccccc2-c2ccccc21. The van der Waals surface area contributed by atoms with Crippen molar-refractivity contribution in [2.75, 3.05) is 25.5 Å². The molecule has 1 aliphatic rings. The van der Waals surface area contributed by atoms with E-state index in [4.69, 9.17) is 4.74 Å². The molecular formula is C26H26N6O3. The zero-order valence-corrected chi connectivity index (χ0v) is 19.6. The topological polar surface area (TPSA) is 102 Å². The highest BCUT2D eigenvalue weighted by molar-refractivity contribution is 5.96. The van der Waals surface area contributed by atoms with Gasteiger partial charge in [0.2, 0.25) is 5.91 Å². The molecule has 0 bridgehead atoms. The molecule has 35 heavy (non-hydrogen) atoms. The van der Waals surface area contributed by atoms with Crippen LogP contribution in [0.3, 0.4) is 0 Å². The van der Waals surface area contributed by atoms with Crippen molar-refractivity contribution in [1.29, 1.82) is 0 Å². The molecule has 0 radical (unpaired) electrons.